The molecule has 1 unspecified atom stereocenters. The number of nitrogens with zero attached hydrogens (tertiary/aromatic N) is 1. The minimum atomic E-state index is -0.263. The number of benzene rings is 1. The van der Waals surface area contributed by atoms with Crippen LogP contribution < -0.4 is 0 Å². The van der Waals surface area contributed by atoms with Gasteiger partial charge in [-0.15, -0.1) is 0 Å². The summed E-state index contributed by atoms with van der Waals surface area (Å²) in [4.78, 5) is 2.40. The summed E-state index contributed by atoms with van der Waals surface area (Å²) in [5.41, 5.74) is 1.03. The van der Waals surface area contributed by atoms with Crippen molar-refractivity contribution >= 4 is 11.6 Å². The van der Waals surface area contributed by atoms with Crippen LogP contribution in [0.3, 0.4) is 0 Å². The molecule has 1 fully saturated rings. The lowest BCUT2D eigenvalue weighted by Crippen LogP contribution is -2.33. The van der Waals surface area contributed by atoms with Crippen molar-refractivity contribution in [1.82, 2.24) is 4.90 Å². The van der Waals surface area contributed by atoms with Crippen LogP contribution in [-0.2, 0) is 6.54 Å². The molecule has 3 heteroatoms. The third-order valence-electron chi connectivity index (χ3n) is 3.15. The van der Waals surface area contributed by atoms with Crippen molar-refractivity contribution in [3.05, 3.63) is 34.6 Å². The third-order valence-corrected chi connectivity index (χ3v) is 3.50. The zero-order valence-corrected chi connectivity index (χ0v) is 12.3. The van der Waals surface area contributed by atoms with Crippen LogP contribution in [0.5, 0.6) is 0 Å². The second-order valence-electron chi connectivity index (χ2n) is 4.72. The normalized spacial score (nSPS) is 20.2. The molecular weight excluding hydrogens is 249 g/mol. The van der Waals surface area contributed by atoms with Gasteiger partial charge in [0.2, 0.25) is 0 Å². The Morgan fingerprint density at radius 3 is 2.72 bits per heavy atom. The molecule has 1 nitrogen and oxygen atoms in total. The van der Waals surface area contributed by atoms with E-state index in [0.29, 0.717) is 5.02 Å². The number of likely N-dealkylation sites (tertiary alicyclic amines) is 1. The van der Waals surface area contributed by atoms with Gasteiger partial charge >= 0.3 is 0 Å². The van der Waals surface area contributed by atoms with E-state index >= 15 is 0 Å². The highest BCUT2D eigenvalue weighted by molar-refractivity contribution is 6.31. The zero-order valence-electron chi connectivity index (χ0n) is 11.5. The Morgan fingerprint density at radius 1 is 1.39 bits per heavy atom. The summed E-state index contributed by atoms with van der Waals surface area (Å²) in [6.45, 7) is 9.35. The van der Waals surface area contributed by atoms with Crippen molar-refractivity contribution < 1.29 is 4.39 Å². The lowest BCUT2D eigenvalue weighted by Gasteiger charge is -2.31. The first kappa shape index (κ1) is 15.5. The average Bonchev–Trinajstić information content (AvgIpc) is 2.35. The minimum absolute atomic E-state index is 0.263. The average molecular weight is 272 g/mol. The van der Waals surface area contributed by atoms with Crippen molar-refractivity contribution in [2.24, 2.45) is 5.92 Å². The van der Waals surface area contributed by atoms with Gasteiger partial charge < -0.3 is 0 Å². The largest absolute Gasteiger partial charge is 0.299 e. The number of rotatable bonds is 2. The van der Waals surface area contributed by atoms with Gasteiger partial charge in [-0.05, 0) is 43.0 Å². The maximum atomic E-state index is 12.9. The Hall–Kier alpha value is -0.600. The van der Waals surface area contributed by atoms with Crippen LogP contribution >= 0.6 is 11.6 Å². The van der Waals surface area contributed by atoms with E-state index in [1.165, 1.54) is 25.0 Å². The molecule has 1 heterocycles. The highest BCUT2D eigenvalue weighted by Gasteiger charge is 2.17. The molecule has 0 N–H and O–H groups in total. The highest BCUT2D eigenvalue weighted by atomic mass is 35.5. The van der Waals surface area contributed by atoms with Gasteiger partial charge in [0.05, 0.1) is 0 Å². The number of halogens is 2. The Kier molecular flexibility index (Phi) is 6.66. The summed E-state index contributed by atoms with van der Waals surface area (Å²) in [7, 11) is 0. The van der Waals surface area contributed by atoms with E-state index < -0.39 is 0 Å². The van der Waals surface area contributed by atoms with E-state index in [-0.39, 0.29) is 5.82 Å². The predicted octanol–water partition coefficient (Wildman–Crippen LogP) is 4.74. The number of hydrogen-bond acceptors (Lipinski definition) is 1. The molecule has 0 saturated carbocycles. The van der Waals surface area contributed by atoms with Crippen LogP contribution in [0, 0.1) is 11.7 Å². The molecule has 1 atom stereocenters. The predicted molar refractivity (Wildman–Crippen MR) is 76.4 cm³/mol. The van der Waals surface area contributed by atoms with Gasteiger partial charge in [-0.25, -0.2) is 4.39 Å². The molecule has 1 aliphatic heterocycles. The summed E-state index contributed by atoms with van der Waals surface area (Å²) < 4.78 is 12.9. The van der Waals surface area contributed by atoms with Gasteiger partial charge in [0.15, 0.2) is 0 Å². The van der Waals surface area contributed by atoms with Crippen LogP contribution in [0.25, 0.3) is 0 Å². The Bertz CT molecular complexity index is 368. The van der Waals surface area contributed by atoms with Gasteiger partial charge in [-0.1, -0.05) is 38.4 Å². The van der Waals surface area contributed by atoms with Crippen LogP contribution in [0.4, 0.5) is 4.39 Å². The van der Waals surface area contributed by atoms with Crippen LogP contribution in [0.2, 0.25) is 5.02 Å². The second kappa shape index (κ2) is 7.75. The quantitative estimate of drug-likeness (QED) is 0.751. The Labute approximate surface area is 115 Å². The lowest BCUT2D eigenvalue weighted by atomic mass is 10.00. The van der Waals surface area contributed by atoms with Crippen LogP contribution in [-0.4, -0.2) is 18.0 Å². The van der Waals surface area contributed by atoms with Gasteiger partial charge in [-0.3, -0.25) is 4.90 Å². The molecule has 0 amide bonds. The van der Waals surface area contributed by atoms with Crippen molar-refractivity contribution in [1.29, 1.82) is 0 Å². The molecular formula is C15H23ClFN. The van der Waals surface area contributed by atoms with Crippen molar-refractivity contribution in [2.45, 2.75) is 40.2 Å². The van der Waals surface area contributed by atoms with E-state index in [9.17, 15) is 4.39 Å². The third kappa shape index (κ3) is 4.58. The highest BCUT2D eigenvalue weighted by Crippen LogP contribution is 2.22. The fourth-order valence-corrected chi connectivity index (χ4v) is 2.55. The Balaban J connectivity index is 0.000000771. The first-order chi connectivity index (χ1) is 8.65. The number of piperidine rings is 1. The summed E-state index contributed by atoms with van der Waals surface area (Å²) in [6.07, 6.45) is 2.56. The molecule has 0 aliphatic carbocycles. The first-order valence-electron chi connectivity index (χ1n) is 6.81. The molecule has 1 saturated heterocycles. The van der Waals surface area contributed by atoms with Gasteiger partial charge in [0, 0.05) is 18.1 Å². The first-order valence-corrected chi connectivity index (χ1v) is 7.19. The van der Waals surface area contributed by atoms with Gasteiger partial charge in [-0.2, -0.15) is 0 Å². The standard InChI is InChI=1S/C13H17ClFN.C2H6/c1-10-3-2-6-16(8-10)9-11-4-5-12(15)7-13(11)14;1-2/h4-5,7,10H,2-3,6,8-9H2,1H3;1-2H3. The molecule has 1 aromatic rings. The van der Waals surface area contributed by atoms with E-state index in [2.05, 4.69) is 11.8 Å². The SMILES string of the molecule is CC.CC1CCCN(Cc2ccc(F)cc2Cl)C1. The fraction of sp³-hybridized carbons (Fsp3) is 0.600. The molecule has 0 aromatic heterocycles. The molecule has 1 aliphatic rings. The maximum Gasteiger partial charge on any atom is 0.124 e. The Morgan fingerprint density at radius 2 is 2.11 bits per heavy atom. The molecule has 0 bridgehead atoms. The summed E-state index contributed by atoms with van der Waals surface area (Å²) in [5, 5.41) is 0.540. The molecule has 1 aromatic carbocycles. The summed E-state index contributed by atoms with van der Waals surface area (Å²) in [5.74, 6) is 0.494. The van der Waals surface area contributed by atoms with E-state index in [4.69, 9.17) is 11.6 Å². The molecule has 18 heavy (non-hydrogen) atoms. The topological polar surface area (TPSA) is 3.24 Å². The van der Waals surface area contributed by atoms with Gasteiger partial charge in [0.1, 0.15) is 5.82 Å². The smallest absolute Gasteiger partial charge is 0.124 e. The van der Waals surface area contributed by atoms with Crippen molar-refractivity contribution in [3.8, 4) is 0 Å². The molecule has 0 spiro atoms. The van der Waals surface area contributed by atoms with E-state index in [0.717, 1.165) is 31.1 Å². The zero-order chi connectivity index (χ0) is 13.5. The minimum Gasteiger partial charge on any atom is -0.299 e. The second-order valence-corrected chi connectivity index (χ2v) is 5.13. The molecule has 102 valence electrons. The van der Waals surface area contributed by atoms with E-state index in [1.807, 2.05) is 13.8 Å². The maximum absolute atomic E-state index is 12.9. The van der Waals surface area contributed by atoms with Crippen LogP contribution in [0.1, 0.15) is 39.2 Å². The van der Waals surface area contributed by atoms with Gasteiger partial charge in [0.25, 0.3) is 0 Å². The molecule has 2 rings (SSSR count). The fourth-order valence-electron chi connectivity index (χ4n) is 2.32. The lowest BCUT2D eigenvalue weighted by molar-refractivity contribution is 0.176. The van der Waals surface area contributed by atoms with E-state index in [1.54, 1.807) is 6.07 Å². The number of hydrogen-bond donors (Lipinski definition) is 0. The summed E-state index contributed by atoms with van der Waals surface area (Å²) >= 11 is 6.02. The monoisotopic (exact) mass is 271 g/mol. The molecule has 0 radical (unpaired) electrons. The van der Waals surface area contributed by atoms with Crippen LogP contribution in [0.15, 0.2) is 18.2 Å². The van der Waals surface area contributed by atoms with Crippen molar-refractivity contribution in [3.63, 3.8) is 0 Å². The van der Waals surface area contributed by atoms with Crippen molar-refractivity contribution in [2.75, 3.05) is 13.1 Å². The summed E-state index contributed by atoms with van der Waals surface area (Å²) in [6, 6.07) is 4.66.